The van der Waals surface area contributed by atoms with Gasteiger partial charge in [0.2, 0.25) is 0 Å². The molecule has 9 heteroatoms. The van der Waals surface area contributed by atoms with Gasteiger partial charge in [-0.05, 0) is 74.5 Å². The molecule has 0 spiro atoms. The summed E-state index contributed by atoms with van der Waals surface area (Å²) in [5, 5.41) is 12.3. The maximum Gasteiger partial charge on any atom is 0.312 e. The lowest BCUT2D eigenvalue weighted by Gasteiger charge is -2.41. The Kier molecular flexibility index (Phi) is 10.5. The molecule has 4 amide bonds. The zero-order chi connectivity index (χ0) is 28.6. The van der Waals surface area contributed by atoms with E-state index >= 15 is 0 Å². The van der Waals surface area contributed by atoms with Crippen LogP contribution < -0.4 is 5.32 Å². The largest absolute Gasteiger partial charge is 0.508 e. The molecule has 0 aromatic heterocycles. The van der Waals surface area contributed by atoms with Crippen LogP contribution in [-0.4, -0.2) is 88.2 Å². The Balaban J connectivity index is 1.30. The molecule has 2 heterocycles. The summed E-state index contributed by atoms with van der Waals surface area (Å²) >= 11 is 0. The van der Waals surface area contributed by atoms with Crippen LogP contribution in [-0.2, 0) is 25.6 Å². The highest BCUT2D eigenvalue weighted by molar-refractivity contribution is 6.36. The number of carbonyl (C=O) groups excluding carboxylic acids is 4. The summed E-state index contributed by atoms with van der Waals surface area (Å²) in [5.41, 5.74) is 1.01. The Morgan fingerprint density at radius 3 is 2.30 bits per heavy atom. The summed E-state index contributed by atoms with van der Waals surface area (Å²) in [6, 6.07) is 6.92. The topological polar surface area (TPSA) is 110 Å². The molecule has 2 aliphatic heterocycles. The summed E-state index contributed by atoms with van der Waals surface area (Å²) in [7, 11) is 0. The molecule has 40 heavy (non-hydrogen) atoms. The number of rotatable bonds is 12. The van der Waals surface area contributed by atoms with Crippen molar-refractivity contribution >= 4 is 23.6 Å². The van der Waals surface area contributed by atoms with Gasteiger partial charge in [0, 0.05) is 38.8 Å². The number of nitrogens with one attached hydrogen (secondary N) is 1. The molecule has 0 bridgehead atoms. The number of phenols is 1. The van der Waals surface area contributed by atoms with E-state index < -0.39 is 23.6 Å². The van der Waals surface area contributed by atoms with Gasteiger partial charge in [0.15, 0.2) is 0 Å². The molecular formula is C31H46N4O5. The van der Waals surface area contributed by atoms with Crippen molar-refractivity contribution in [1.82, 2.24) is 20.0 Å². The van der Waals surface area contributed by atoms with E-state index in [2.05, 4.69) is 19.2 Å². The standard InChI is InChI=1S/C31H46N4O5/c1-22(2)18-26-21-33(30(39)31(40)34(26)17-15-23-11-13-27(36)14-12-23)16-7-6-10-25-19-32-28(37)29(38)35(25)20-24-8-4-3-5-9-24/h11-14,22,24-26,36H,3-10,15-21H2,1-2H3,(H,32,37)/t25-,26+/m1/s1. The number of phenolic OH excluding ortho intramolecular Hbond substituents is 1. The van der Waals surface area contributed by atoms with Crippen molar-refractivity contribution in [2.75, 3.05) is 32.7 Å². The van der Waals surface area contributed by atoms with Crippen molar-refractivity contribution in [3.8, 4) is 5.75 Å². The molecule has 4 rings (SSSR count). The zero-order valence-electron chi connectivity index (χ0n) is 24.1. The molecule has 9 nitrogen and oxygen atoms in total. The number of hydrogen-bond donors (Lipinski definition) is 2. The predicted molar refractivity (Wildman–Crippen MR) is 152 cm³/mol. The third kappa shape index (κ3) is 7.76. The maximum atomic E-state index is 13.2. The van der Waals surface area contributed by atoms with E-state index in [1.807, 2.05) is 12.1 Å². The average Bonchev–Trinajstić information content (AvgIpc) is 2.94. The van der Waals surface area contributed by atoms with Crippen molar-refractivity contribution in [2.24, 2.45) is 11.8 Å². The number of hydrogen-bond acceptors (Lipinski definition) is 5. The van der Waals surface area contributed by atoms with Crippen LogP contribution >= 0.6 is 0 Å². The molecule has 1 aromatic rings. The summed E-state index contributed by atoms with van der Waals surface area (Å²) < 4.78 is 0. The third-order valence-corrected chi connectivity index (χ3v) is 8.71. The van der Waals surface area contributed by atoms with Gasteiger partial charge < -0.3 is 25.1 Å². The summed E-state index contributed by atoms with van der Waals surface area (Å²) in [6.45, 7) is 6.92. The number of unbranched alkanes of at least 4 members (excludes halogenated alkanes) is 1. The highest BCUT2D eigenvalue weighted by Crippen LogP contribution is 2.27. The first-order valence-corrected chi connectivity index (χ1v) is 15.2. The van der Waals surface area contributed by atoms with Crippen LogP contribution in [0.15, 0.2) is 24.3 Å². The van der Waals surface area contributed by atoms with Crippen LogP contribution in [0.1, 0.15) is 77.2 Å². The van der Waals surface area contributed by atoms with E-state index in [4.69, 9.17) is 0 Å². The molecule has 220 valence electrons. The third-order valence-electron chi connectivity index (χ3n) is 8.71. The molecule has 3 aliphatic rings. The van der Waals surface area contributed by atoms with Gasteiger partial charge in [-0.2, -0.15) is 0 Å². The average molecular weight is 555 g/mol. The second-order valence-corrected chi connectivity index (χ2v) is 12.3. The Bertz CT molecular complexity index is 1040. The first-order valence-electron chi connectivity index (χ1n) is 15.2. The van der Waals surface area contributed by atoms with Gasteiger partial charge >= 0.3 is 23.6 Å². The second-order valence-electron chi connectivity index (χ2n) is 12.3. The smallest absolute Gasteiger partial charge is 0.312 e. The molecule has 3 fully saturated rings. The monoisotopic (exact) mass is 554 g/mol. The van der Waals surface area contributed by atoms with Crippen molar-refractivity contribution < 1.29 is 24.3 Å². The van der Waals surface area contributed by atoms with E-state index in [1.54, 1.807) is 26.8 Å². The lowest BCUT2D eigenvalue weighted by Crippen LogP contribution is -2.60. The maximum absolute atomic E-state index is 13.2. The quantitative estimate of drug-likeness (QED) is 0.305. The Morgan fingerprint density at radius 2 is 1.60 bits per heavy atom. The van der Waals surface area contributed by atoms with Crippen molar-refractivity contribution in [3.63, 3.8) is 0 Å². The highest BCUT2D eigenvalue weighted by atomic mass is 16.3. The minimum atomic E-state index is -0.504. The van der Waals surface area contributed by atoms with E-state index in [-0.39, 0.29) is 17.8 Å². The van der Waals surface area contributed by atoms with Gasteiger partial charge in [0.1, 0.15) is 5.75 Å². The number of carbonyl (C=O) groups is 4. The fourth-order valence-electron chi connectivity index (χ4n) is 6.51. The van der Waals surface area contributed by atoms with E-state index in [1.165, 1.54) is 19.3 Å². The summed E-state index contributed by atoms with van der Waals surface area (Å²) in [5.74, 6) is -0.730. The van der Waals surface area contributed by atoms with Crippen LogP contribution in [0.2, 0.25) is 0 Å². The highest BCUT2D eigenvalue weighted by Gasteiger charge is 2.39. The van der Waals surface area contributed by atoms with Crippen molar-refractivity contribution in [2.45, 2.75) is 90.1 Å². The number of benzene rings is 1. The van der Waals surface area contributed by atoms with Crippen molar-refractivity contribution in [1.29, 1.82) is 0 Å². The molecule has 2 saturated heterocycles. The predicted octanol–water partition coefficient (Wildman–Crippen LogP) is 3.10. The molecule has 0 radical (unpaired) electrons. The van der Waals surface area contributed by atoms with Crippen LogP contribution in [0.25, 0.3) is 0 Å². The Morgan fingerprint density at radius 1 is 0.875 bits per heavy atom. The minimum absolute atomic E-state index is 0.0186. The normalized spacial score (nSPS) is 22.8. The first-order chi connectivity index (χ1) is 19.2. The molecule has 2 atom stereocenters. The fourth-order valence-corrected chi connectivity index (χ4v) is 6.51. The zero-order valence-corrected chi connectivity index (χ0v) is 24.1. The van der Waals surface area contributed by atoms with Gasteiger partial charge in [-0.3, -0.25) is 19.2 Å². The van der Waals surface area contributed by atoms with Crippen LogP contribution in [0.5, 0.6) is 5.75 Å². The number of aromatic hydroxyl groups is 1. The van der Waals surface area contributed by atoms with Gasteiger partial charge in [-0.25, -0.2) is 0 Å². The summed E-state index contributed by atoms with van der Waals surface area (Å²) in [6.07, 6.45) is 9.65. The number of amides is 4. The van der Waals surface area contributed by atoms with E-state index in [0.29, 0.717) is 51.0 Å². The lowest BCUT2D eigenvalue weighted by molar-refractivity contribution is -0.159. The van der Waals surface area contributed by atoms with Gasteiger partial charge in [-0.15, -0.1) is 0 Å². The van der Waals surface area contributed by atoms with Gasteiger partial charge in [0.05, 0.1) is 6.04 Å². The van der Waals surface area contributed by atoms with E-state index in [0.717, 1.165) is 44.1 Å². The fraction of sp³-hybridized carbons (Fsp3) is 0.677. The Labute approximate surface area is 238 Å². The second kappa shape index (κ2) is 14.0. The number of nitrogens with zero attached hydrogens (tertiary/aromatic N) is 3. The van der Waals surface area contributed by atoms with Crippen LogP contribution in [0.4, 0.5) is 0 Å². The lowest BCUT2D eigenvalue weighted by atomic mass is 9.88. The molecule has 0 unspecified atom stereocenters. The minimum Gasteiger partial charge on any atom is -0.508 e. The molecule has 2 N–H and O–H groups in total. The molecule has 1 saturated carbocycles. The first kappa shape index (κ1) is 29.9. The molecular weight excluding hydrogens is 508 g/mol. The van der Waals surface area contributed by atoms with Crippen LogP contribution in [0.3, 0.4) is 0 Å². The van der Waals surface area contributed by atoms with Crippen molar-refractivity contribution in [3.05, 3.63) is 29.8 Å². The van der Waals surface area contributed by atoms with Crippen LogP contribution in [0, 0.1) is 11.8 Å². The Hall–Kier alpha value is -3.10. The SMILES string of the molecule is CC(C)C[C@H]1CN(CCCC[C@@H]2CNC(=O)C(=O)N2CC2CCCCC2)C(=O)C(=O)N1CCc1ccc(O)cc1. The van der Waals surface area contributed by atoms with Gasteiger partial charge in [0.25, 0.3) is 0 Å². The summed E-state index contributed by atoms with van der Waals surface area (Å²) in [4.78, 5) is 56.3. The molecule has 1 aromatic carbocycles. The van der Waals surface area contributed by atoms with Gasteiger partial charge in [-0.1, -0.05) is 45.2 Å². The molecule has 1 aliphatic carbocycles. The van der Waals surface area contributed by atoms with E-state index in [9.17, 15) is 24.3 Å². The number of piperazine rings is 2.